The molecule has 1 N–H and O–H groups in total. The number of benzene rings is 2. The molecule has 0 aliphatic carbocycles. The summed E-state index contributed by atoms with van der Waals surface area (Å²) in [5.41, 5.74) is -3.25. The molecule has 2 aromatic carbocycles. The van der Waals surface area contributed by atoms with Crippen molar-refractivity contribution in [3.8, 4) is 11.8 Å². The Morgan fingerprint density at radius 2 is 1.90 bits per heavy atom. The third-order valence-electron chi connectivity index (χ3n) is 5.40. The lowest BCUT2D eigenvalue weighted by Crippen LogP contribution is -2.51. The molecule has 1 heterocycles. The van der Waals surface area contributed by atoms with Gasteiger partial charge in [-0.3, -0.25) is 0 Å². The summed E-state index contributed by atoms with van der Waals surface area (Å²) in [7, 11) is 0. The highest BCUT2D eigenvalue weighted by atomic mass is 35.5. The van der Waals surface area contributed by atoms with Crippen LogP contribution in [0.25, 0.3) is 0 Å². The van der Waals surface area contributed by atoms with E-state index in [0.29, 0.717) is 24.3 Å². The van der Waals surface area contributed by atoms with E-state index in [4.69, 9.17) is 21.6 Å². The molecule has 0 radical (unpaired) electrons. The molecule has 160 valence electrons. The van der Waals surface area contributed by atoms with Crippen molar-refractivity contribution in [3.63, 3.8) is 0 Å². The average molecular weight is 442 g/mol. The molecule has 2 aromatic rings. The van der Waals surface area contributed by atoms with Crippen molar-refractivity contribution in [3.05, 3.63) is 63.4 Å². The molecular weight excluding hydrogens is 422 g/mol. The maximum atomic E-state index is 14.1. The minimum atomic E-state index is -4.97. The first-order chi connectivity index (χ1) is 13.9. The molecule has 1 aliphatic heterocycles. The van der Waals surface area contributed by atoms with Crippen LogP contribution in [0, 0.1) is 17.1 Å². The van der Waals surface area contributed by atoms with Crippen LogP contribution >= 0.6 is 11.6 Å². The zero-order valence-electron chi connectivity index (χ0n) is 16.4. The number of hydrogen-bond donors (Lipinski definition) is 1. The maximum absolute atomic E-state index is 14.1. The van der Waals surface area contributed by atoms with Crippen LogP contribution in [0.4, 0.5) is 17.6 Å². The predicted octanol–water partition coefficient (Wildman–Crippen LogP) is 5.49. The Labute approximate surface area is 176 Å². The molecule has 0 aromatic heterocycles. The second-order valence-electron chi connectivity index (χ2n) is 8.22. The number of alkyl halides is 3. The molecule has 1 unspecified atom stereocenters. The lowest BCUT2D eigenvalue weighted by atomic mass is 9.72. The van der Waals surface area contributed by atoms with Crippen molar-refractivity contribution >= 4 is 11.6 Å². The highest BCUT2D eigenvalue weighted by Gasteiger charge is 2.56. The first-order valence-electron chi connectivity index (χ1n) is 9.30. The van der Waals surface area contributed by atoms with E-state index in [2.05, 4.69) is 0 Å². The molecule has 1 atom stereocenters. The molecule has 0 saturated carbocycles. The van der Waals surface area contributed by atoms with E-state index in [1.54, 1.807) is 0 Å². The van der Waals surface area contributed by atoms with Crippen LogP contribution in [0.3, 0.4) is 0 Å². The van der Waals surface area contributed by atoms with E-state index in [9.17, 15) is 22.7 Å². The lowest BCUT2D eigenvalue weighted by Gasteiger charge is -2.38. The molecule has 3 nitrogen and oxygen atoms in total. The minimum absolute atomic E-state index is 0.0375. The van der Waals surface area contributed by atoms with Gasteiger partial charge in [0.15, 0.2) is 5.60 Å². The number of halogens is 5. The van der Waals surface area contributed by atoms with E-state index in [1.807, 2.05) is 6.07 Å². The summed E-state index contributed by atoms with van der Waals surface area (Å²) in [6, 6.07) is 8.23. The summed E-state index contributed by atoms with van der Waals surface area (Å²) >= 11 is 6.05. The Morgan fingerprint density at radius 1 is 1.20 bits per heavy atom. The summed E-state index contributed by atoms with van der Waals surface area (Å²) in [4.78, 5) is 0. The van der Waals surface area contributed by atoms with Crippen molar-refractivity contribution in [2.45, 2.75) is 50.3 Å². The summed E-state index contributed by atoms with van der Waals surface area (Å²) in [5.74, 6) is -0.185. The van der Waals surface area contributed by atoms with Crippen LogP contribution in [0.15, 0.2) is 30.3 Å². The number of fused-ring (bicyclic) bond motifs is 1. The van der Waals surface area contributed by atoms with E-state index >= 15 is 0 Å². The highest BCUT2D eigenvalue weighted by Crippen LogP contribution is 2.47. The second-order valence-corrected chi connectivity index (χ2v) is 8.63. The van der Waals surface area contributed by atoms with Gasteiger partial charge in [-0.2, -0.15) is 18.4 Å². The zero-order chi connectivity index (χ0) is 22.3. The zero-order valence-corrected chi connectivity index (χ0v) is 17.2. The van der Waals surface area contributed by atoms with Gasteiger partial charge in [-0.25, -0.2) is 4.39 Å². The minimum Gasteiger partial charge on any atom is -0.493 e. The fourth-order valence-corrected chi connectivity index (χ4v) is 4.18. The second kappa shape index (κ2) is 7.75. The molecule has 0 spiro atoms. The number of aliphatic hydroxyl groups is 1. The van der Waals surface area contributed by atoms with Crippen molar-refractivity contribution in [2.75, 3.05) is 6.61 Å². The number of rotatable bonds is 5. The van der Waals surface area contributed by atoms with Crippen LogP contribution < -0.4 is 4.74 Å². The third-order valence-corrected chi connectivity index (χ3v) is 5.76. The first-order valence-corrected chi connectivity index (χ1v) is 9.67. The fourth-order valence-electron chi connectivity index (χ4n) is 3.94. The molecule has 30 heavy (non-hydrogen) atoms. The largest absolute Gasteiger partial charge is 0.493 e. The van der Waals surface area contributed by atoms with Crippen LogP contribution in [0.2, 0.25) is 5.02 Å². The Kier molecular flexibility index (Phi) is 5.78. The molecule has 0 fully saturated rings. The number of nitrogens with zero attached hydrogens (tertiary/aromatic N) is 1. The van der Waals surface area contributed by atoms with Crippen LogP contribution in [-0.4, -0.2) is 23.5 Å². The fraction of sp³-hybridized carbons (Fsp3) is 0.409. The Hall–Kier alpha value is -2.30. The van der Waals surface area contributed by atoms with Gasteiger partial charge in [0.2, 0.25) is 0 Å². The molecule has 1 aliphatic rings. The van der Waals surface area contributed by atoms with Gasteiger partial charge in [0.25, 0.3) is 0 Å². The third kappa shape index (κ3) is 4.26. The Bertz CT molecular complexity index is 1010. The van der Waals surface area contributed by atoms with Gasteiger partial charge in [-0.1, -0.05) is 31.5 Å². The van der Waals surface area contributed by atoms with Gasteiger partial charge in [-0.15, -0.1) is 0 Å². The number of ether oxygens (including phenoxy) is 1. The predicted molar refractivity (Wildman–Crippen MR) is 104 cm³/mol. The van der Waals surface area contributed by atoms with Gasteiger partial charge in [0, 0.05) is 29.0 Å². The molecule has 0 saturated heterocycles. The number of hydrogen-bond acceptors (Lipinski definition) is 3. The average Bonchev–Trinajstić information content (AvgIpc) is 3.09. The summed E-state index contributed by atoms with van der Waals surface area (Å²) in [6.07, 6.45) is -6.04. The summed E-state index contributed by atoms with van der Waals surface area (Å²) < 4.78 is 61.7. The highest BCUT2D eigenvalue weighted by molar-refractivity contribution is 6.31. The standard InChI is InChI=1S/C22H20ClF4NO2/c1-20(2,17-9-16(24)8-14-5-6-30-19(14)17)12-21(29,22(25,26)27)10-15-4-3-13(11-28)7-18(15)23/h3-4,7-9,29H,5-6,10,12H2,1-2H3. The molecule has 0 bridgehead atoms. The SMILES string of the molecule is CC(C)(CC(O)(Cc1ccc(C#N)cc1Cl)C(F)(F)F)c1cc(F)cc2c1OCC2. The van der Waals surface area contributed by atoms with E-state index < -0.39 is 35.9 Å². The molecular formula is C22H20ClF4NO2. The van der Waals surface area contributed by atoms with Crippen LogP contribution in [0.5, 0.6) is 5.75 Å². The van der Waals surface area contributed by atoms with Crippen molar-refractivity contribution in [2.24, 2.45) is 0 Å². The normalized spacial score (nSPS) is 15.8. The van der Waals surface area contributed by atoms with Gasteiger partial charge < -0.3 is 9.84 Å². The topological polar surface area (TPSA) is 53.2 Å². The van der Waals surface area contributed by atoms with Crippen LogP contribution in [0.1, 0.15) is 42.5 Å². The van der Waals surface area contributed by atoms with Gasteiger partial charge >= 0.3 is 6.18 Å². The smallest absolute Gasteiger partial charge is 0.417 e. The van der Waals surface area contributed by atoms with E-state index in [0.717, 1.165) is 6.07 Å². The van der Waals surface area contributed by atoms with E-state index in [1.165, 1.54) is 38.1 Å². The van der Waals surface area contributed by atoms with Gasteiger partial charge in [0.1, 0.15) is 11.6 Å². The van der Waals surface area contributed by atoms with Gasteiger partial charge in [-0.05, 0) is 41.7 Å². The lowest BCUT2D eigenvalue weighted by molar-refractivity contribution is -0.266. The monoisotopic (exact) mass is 441 g/mol. The van der Waals surface area contributed by atoms with Crippen LogP contribution in [-0.2, 0) is 18.3 Å². The first kappa shape index (κ1) is 22.4. The Balaban J connectivity index is 2.00. The molecule has 8 heteroatoms. The van der Waals surface area contributed by atoms with Gasteiger partial charge in [0.05, 0.1) is 18.2 Å². The quantitative estimate of drug-likeness (QED) is 0.624. The van der Waals surface area contributed by atoms with E-state index in [-0.39, 0.29) is 21.7 Å². The molecule has 3 rings (SSSR count). The molecule has 0 amide bonds. The Morgan fingerprint density at radius 3 is 2.50 bits per heavy atom. The summed E-state index contributed by atoms with van der Waals surface area (Å²) in [6.45, 7) is 3.36. The van der Waals surface area contributed by atoms with Crippen molar-refractivity contribution in [1.82, 2.24) is 0 Å². The summed E-state index contributed by atoms with van der Waals surface area (Å²) in [5, 5.41) is 19.7. The number of nitriles is 1. The maximum Gasteiger partial charge on any atom is 0.417 e. The van der Waals surface area contributed by atoms with Crippen molar-refractivity contribution < 1.29 is 27.4 Å². The van der Waals surface area contributed by atoms with Crippen molar-refractivity contribution in [1.29, 1.82) is 5.26 Å².